The van der Waals surface area contributed by atoms with E-state index in [0.717, 1.165) is 6.42 Å². The quantitative estimate of drug-likeness (QED) is 0.0448. The molecule has 0 aliphatic heterocycles. The number of methoxy groups -OCH3 is 1. The molecule has 0 saturated carbocycles. The van der Waals surface area contributed by atoms with Gasteiger partial charge in [0.15, 0.2) is 0 Å². The van der Waals surface area contributed by atoms with Crippen molar-refractivity contribution < 1.29 is 62.1 Å². The van der Waals surface area contributed by atoms with Gasteiger partial charge in [-0.05, 0) is 6.42 Å². The van der Waals surface area contributed by atoms with E-state index >= 15 is 0 Å². The van der Waals surface area contributed by atoms with Crippen molar-refractivity contribution in [2.24, 2.45) is 5.73 Å². The molecule has 0 aromatic rings. The molecular formula is C26H50INO13. The number of alkyl halides is 1. The van der Waals surface area contributed by atoms with Crippen molar-refractivity contribution in [2.75, 3.05) is 124 Å². The van der Waals surface area contributed by atoms with Gasteiger partial charge in [0.25, 0.3) is 0 Å². The molecule has 0 heterocycles. The molecule has 244 valence electrons. The molecule has 0 aliphatic rings. The van der Waals surface area contributed by atoms with E-state index in [9.17, 15) is 14.4 Å². The summed E-state index contributed by atoms with van der Waals surface area (Å²) < 4.78 is 46.8. The lowest BCUT2D eigenvalue weighted by Gasteiger charge is -2.07. The Morgan fingerprint density at radius 2 is 0.927 bits per heavy atom. The van der Waals surface area contributed by atoms with Crippen molar-refractivity contribution in [1.29, 1.82) is 0 Å². The van der Waals surface area contributed by atoms with Crippen LogP contribution in [0, 0.1) is 0 Å². The van der Waals surface area contributed by atoms with Crippen LogP contribution in [0.4, 0.5) is 0 Å². The summed E-state index contributed by atoms with van der Waals surface area (Å²) in [6.07, 6.45) is 1.62. The van der Waals surface area contributed by atoms with E-state index in [1.54, 1.807) is 0 Å². The third-order valence-corrected chi connectivity index (χ3v) is 5.38. The topological polar surface area (TPSA) is 181 Å². The van der Waals surface area contributed by atoms with Crippen molar-refractivity contribution in [3.8, 4) is 0 Å². The van der Waals surface area contributed by atoms with Crippen LogP contribution in [0.3, 0.4) is 0 Å². The van der Waals surface area contributed by atoms with E-state index in [2.05, 4.69) is 27.3 Å². The predicted molar refractivity (Wildman–Crippen MR) is 158 cm³/mol. The minimum atomic E-state index is -0.860. The summed E-state index contributed by atoms with van der Waals surface area (Å²) in [5.41, 5.74) is 5.25. The summed E-state index contributed by atoms with van der Waals surface area (Å²) in [4.78, 5) is 32.0. The molecule has 0 saturated heterocycles. The Morgan fingerprint density at radius 1 is 0.561 bits per heavy atom. The average Bonchev–Trinajstić information content (AvgIpc) is 2.97. The molecule has 0 bridgehead atoms. The summed E-state index contributed by atoms with van der Waals surface area (Å²) in [6.45, 7) is 8.03. The first-order valence-corrected chi connectivity index (χ1v) is 15.2. The smallest absolute Gasteiger partial charge is 0.307 e. The van der Waals surface area contributed by atoms with Crippen molar-refractivity contribution in [3.05, 3.63) is 0 Å². The molecule has 0 unspecified atom stereocenters. The summed E-state index contributed by atoms with van der Waals surface area (Å²) >= 11 is 2.07. The van der Waals surface area contributed by atoms with E-state index in [1.807, 2.05) is 0 Å². The molecule has 0 aromatic carbocycles. The largest absolute Gasteiger partial charge is 0.481 e. The summed E-state index contributed by atoms with van der Waals surface area (Å²) in [5, 5.41) is 8.35. The predicted octanol–water partition coefficient (Wildman–Crippen LogP) is 0.886. The number of hydrogen-bond acceptors (Lipinski definition) is 13. The van der Waals surface area contributed by atoms with Crippen LogP contribution >= 0.6 is 22.6 Å². The van der Waals surface area contributed by atoms with Gasteiger partial charge in [0.2, 0.25) is 0 Å². The number of esters is 1. The summed E-state index contributed by atoms with van der Waals surface area (Å²) in [5.74, 6) is -0.879. The minimum absolute atomic E-state index is 0.0198. The Morgan fingerprint density at radius 3 is 1.29 bits per heavy atom. The number of halogens is 1. The lowest BCUT2D eigenvalue weighted by Crippen LogP contribution is -2.14. The summed E-state index contributed by atoms with van der Waals surface area (Å²) in [7, 11) is 1.35. The van der Waals surface area contributed by atoms with Crippen molar-refractivity contribution in [1.82, 2.24) is 0 Å². The minimum Gasteiger partial charge on any atom is -0.481 e. The molecule has 0 amide bonds. The summed E-state index contributed by atoms with van der Waals surface area (Å²) in [6, 6.07) is 0. The van der Waals surface area contributed by atoms with E-state index in [4.69, 9.17) is 48.7 Å². The van der Waals surface area contributed by atoms with Gasteiger partial charge in [-0.1, -0.05) is 22.6 Å². The molecule has 14 nitrogen and oxygen atoms in total. The Bertz CT molecular complexity index is 560. The fraction of sp³-hybridized carbons (Fsp3) is 0.885. The molecule has 0 atom stereocenters. The molecular weight excluding hydrogens is 661 g/mol. The van der Waals surface area contributed by atoms with Gasteiger partial charge in [0.1, 0.15) is 5.78 Å². The Labute approximate surface area is 257 Å². The Balaban J connectivity index is 0. The fourth-order valence-corrected chi connectivity index (χ4v) is 2.84. The number of carboxylic acids is 1. The normalized spacial score (nSPS) is 10.7. The first-order chi connectivity index (χ1) is 20.0. The number of carbonyl (C=O) groups excluding carboxylic acids is 2. The maximum absolute atomic E-state index is 11.0. The molecule has 0 fully saturated rings. The molecule has 0 aliphatic carbocycles. The Kier molecular flexibility index (Phi) is 38.0. The van der Waals surface area contributed by atoms with Gasteiger partial charge < -0.3 is 53.5 Å². The van der Waals surface area contributed by atoms with Gasteiger partial charge in [0.05, 0.1) is 123 Å². The number of ketones is 1. The lowest BCUT2D eigenvalue weighted by molar-refractivity contribution is -0.142. The van der Waals surface area contributed by atoms with E-state index in [1.165, 1.54) is 7.11 Å². The molecule has 3 N–H and O–H groups in total. The van der Waals surface area contributed by atoms with E-state index in [0.29, 0.717) is 116 Å². The molecule has 0 radical (unpaired) electrons. The lowest BCUT2D eigenvalue weighted by atomic mass is 10.2. The highest BCUT2D eigenvalue weighted by Gasteiger charge is 2.00. The highest BCUT2D eigenvalue weighted by molar-refractivity contribution is 14.1. The number of rotatable bonds is 31. The number of ether oxygens (including phenoxy) is 9. The Hall–Kier alpha value is -1.02. The molecule has 15 heteroatoms. The second kappa shape index (κ2) is 37.0. The molecule has 0 rings (SSSR count). The van der Waals surface area contributed by atoms with Gasteiger partial charge in [-0.15, -0.1) is 0 Å². The van der Waals surface area contributed by atoms with Gasteiger partial charge >= 0.3 is 11.9 Å². The number of carboxylic acid groups (broad SMARTS) is 1. The second-order valence-corrected chi connectivity index (χ2v) is 8.70. The number of Topliss-reactive ketones (excluding diaryl/α,β-unsaturated/α-hetero) is 1. The first-order valence-electron chi connectivity index (χ1n) is 13.7. The van der Waals surface area contributed by atoms with Gasteiger partial charge in [-0.3, -0.25) is 14.4 Å². The van der Waals surface area contributed by atoms with E-state index < -0.39 is 5.97 Å². The van der Waals surface area contributed by atoms with Crippen LogP contribution in [0.25, 0.3) is 0 Å². The molecule has 0 spiro atoms. The van der Waals surface area contributed by atoms with Crippen LogP contribution in [0.2, 0.25) is 0 Å². The van der Waals surface area contributed by atoms with Crippen LogP contribution in [0.1, 0.15) is 25.7 Å². The molecule has 41 heavy (non-hydrogen) atoms. The van der Waals surface area contributed by atoms with Crippen molar-refractivity contribution >= 4 is 40.3 Å². The zero-order valence-corrected chi connectivity index (χ0v) is 26.5. The zero-order chi connectivity index (χ0) is 30.7. The van der Waals surface area contributed by atoms with Crippen LogP contribution in [0.15, 0.2) is 0 Å². The van der Waals surface area contributed by atoms with Crippen molar-refractivity contribution in [2.45, 2.75) is 25.7 Å². The first kappa shape index (κ1) is 42.1. The average molecular weight is 712 g/mol. The fourth-order valence-electron chi connectivity index (χ4n) is 2.46. The van der Waals surface area contributed by atoms with Gasteiger partial charge in [-0.25, -0.2) is 0 Å². The maximum Gasteiger partial charge on any atom is 0.307 e. The third kappa shape index (κ3) is 41.2. The van der Waals surface area contributed by atoms with Gasteiger partial charge in [-0.2, -0.15) is 0 Å². The number of nitrogens with two attached hydrogens (primary N) is 1. The SMILES string of the molecule is COC(=O)CCOCCOCCOCCOCCCC(=O)CI.NCCOCCOCCOCCOCCC(=O)O. The maximum atomic E-state index is 11.0. The third-order valence-electron chi connectivity index (χ3n) is 4.53. The monoisotopic (exact) mass is 711 g/mol. The van der Waals surface area contributed by atoms with E-state index in [-0.39, 0.29) is 31.2 Å². The molecule has 0 aromatic heterocycles. The van der Waals surface area contributed by atoms with Crippen LogP contribution in [0.5, 0.6) is 0 Å². The highest BCUT2D eigenvalue weighted by atomic mass is 127. The standard InChI is InChI=1S/C15H27IO7.C11H23NO6/c1-19-15(18)4-6-21-8-10-23-12-11-22-9-7-20-5-2-3-14(17)13-16;12-2-4-16-6-8-18-10-9-17-7-5-15-3-1-11(13)14/h2-13H2,1H3;1-10,12H2,(H,13,14). The van der Waals surface area contributed by atoms with Crippen LogP contribution in [-0.4, -0.2) is 147 Å². The number of aliphatic carboxylic acids is 1. The van der Waals surface area contributed by atoms with Crippen LogP contribution < -0.4 is 5.73 Å². The zero-order valence-electron chi connectivity index (χ0n) is 24.4. The van der Waals surface area contributed by atoms with Crippen LogP contribution in [-0.2, 0) is 57.0 Å². The van der Waals surface area contributed by atoms with Crippen molar-refractivity contribution in [3.63, 3.8) is 0 Å². The van der Waals surface area contributed by atoms with Gasteiger partial charge in [0, 0.05) is 19.6 Å². The highest BCUT2D eigenvalue weighted by Crippen LogP contribution is 1.95. The number of carbonyl (C=O) groups is 3. The number of hydrogen-bond donors (Lipinski definition) is 2. The second-order valence-electron chi connectivity index (χ2n) is 7.93.